The molecule has 1 saturated heterocycles. The number of carbonyl (C=O) groups excluding carboxylic acids is 3. The molecule has 1 N–H and O–H groups in total. The lowest BCUT2D eigenvalue weighted by molar-refractivity contribution is -0.136. The van der Waals surface area contributed by atoms with Crippen molar-refractivity contribution < 1.29 is 14.4 Å². The van der Waals surface area contributed by atoms with Crippen molar-refractivity contribution >= 4 is 23.4 Å². The number of aromatic nitrogens is 4. The van der Waals surface area contributed by atoms with Gasteiger partial charge in [0.05, 0.1) is 12.0 Å². The van der Waals surface area contributed by atoms with Crippen LogP contribution >= 0.6 is 0 Å². The molecule has 0 unspecified atom stereocenters. The van der Waals surface area contributed by atoms with E-state index < -0.39 is 29.1 Å². The highest BCUT2D eigenvalue weighted by atomic mass is 16.2. The first-order valence-electron chi connectivity index (χ1n) is 12.0. The van der Waals surface area contributed by atoms with E-state index >= 15 is 0 Å². The fourth-order valence-corrected chi connectivity index (χ4v) is 4.90. The van der Waals surface area contributed by atoms with Gasteiger partial charge in [-0.25, -0.2) is 6.57 Å². The van der Waals surface area contributed by atoms with Crippen LogP contribution in [0.4, 0.5) is 5.69 Å². The van der Waals surface area contributed by atoms with Crippen LogP contribution in [0.3, 0.4) is 0 Å². The number of hydrogen-bond donors (Lipinski definition) is 1. The van der Waals surface area contributed by atoms with Gasteiger partial charge in [0.1, 0.15) is 11.5 Å². The number of tetrazole rings is 1. The predicted molar refractivity (Wildman–Crippen MR) is 132 cm³/mol. The van der Waals surface area contributed by atoms with E-state index in [1.807, 2.05) is 58.9 Å². The van der Waals surface area contributed by atoms with Gasteiger partial charge in [0.15, 0.2) is 0 Å². The van der Waals surface area contributed by atoms with Crippen molar-refractivity contribution in [3.05, 3.63) is 47.1 Å². The summed E-state index contributed by atoms with van der Waals surface area (Å²) in [7, 11) is 1.54. The van der Waals surface area contributed by atoms with E-state index in [4.69, 9.17) is 6.57 Å². The van der Waals surface area contributed by atoms with Crippen molar-refractivity contribution in [3.8, 4) is 0 Å². The molecule has 3 heterocycles. The summed E-state index contributed by atoms with van der Waals surface area (Å²) in [6.07, 6.45) is -0.225. The van der Waals surface area contributed by atoms with Gasteiger partial charge in [0.25, 0.3) is 17.6 Å². The maximum atomic E-state index is 13.9. The zero-order valence-electron chi connectivity index (χ0n) is 21.5. The van der Waals surface area contributed by atoms with Gasteiger partial charge in [0, 0.05) is 19.3 Å². The van der Waals surface area contributed by atoms with Crippen molar-refractivity contribution in [1.82, 2.24) is 30.0 Å². The monoisotopic (exact) mass is 492 g/mol. The predicted octanol–water partition coefficient (Wildman–Crippen LogP) is 2.28. The largest absolute Gasteiger partial charge is 0.327 e. The van der Waals surface area contributed by atoms with Crippen molar-refractivity contribution in [2.75, 3.05) is 18.9 Å². The average molecular weight is 493 g/mol. The number of likely N-dealkylation sites (N-methyl/N-ethyl adjacent to an activating group) is 1. The van der Waals surface area contributed by atoms with Crippen molar-refractivity contribution in [3.63, 3.8) is 0 Å². The van der Waals surface area contributed by atoms with E-state index in [1.165, 1.54) is 14.6 Å². The van der Waals surface area contributed by atoms with Gasteiger partial charge >= 0.3 is 6.17 Å². The number of nitrogens with one attached hydrogen (secondary N) is 1. The number of nitrogens with zero attached hydrogens (tertiary/aromatic N) is 7. The molecule has 11 nitrogen and oxygen atoms in total. The molecule has 0 bridgehead atoms. The minimum absolute atomic E-state index is 0.0802. The average Bonchev–Trinajstić information content (AvgIpc) is 3.53. The van der Waals surface area contributed by atoms with Gasteiger partial charge in [-0.15, -0.1) is 10.2 Å². The minimum atomic E-state index is -0.983. The smallest absolute Gasteiger partial charge is 0.302 e. The third-order valence-corrected chi connectivity index (χ3v) is 6.86. The molecule has 0 saturated carbocycles. The third kappa shape index (κ3) is 4.21. The van der Waals surface area contributed by atoms with Gasteiger partial charge in [0.2, 0.25) is 5.91 Å². The Balaban J connectivity index is 1.64. The van der Waals surface area contributed by atoms with E-state index in [-0.39, 0.29) is 36.5 Å². The molecule has 4 rings (SSSR count). The van der Waals surface area contributed by atoms with Gasteiger partial charge < -0.3 is 10.2 Å². The summed E-state index contributed by atoms with van der Waals surface area (Å²) in [5.41, 5.74) is 0.0669. The van der Waals surface area contributed by atoms with Crippen molar-refractivity contribution in [2.24, 2.45) is 5.92 Å². The number of carbonyl (C=O) groups is 3. The first-order chi connectivity index (χ1) is 16.9. The highest BCUT2D eigenvalue weighted by Crippen LogP contribution is 2.47. The zero-order valence-corrected chi connectivity index (χ0v) is 21.5. The standard InChI is InChI=1S/C25H32N8O3/c1-15(2)12-18(31(7)22(35)20-28-30-33(29-20)24(3,4)5)21(34)32-14-25(13-19(32)26-6)16-10-8-9-11-17(16)27-23(25)36/h8-11,15,18-19H,12-14H2,1-5,7H3,(H,27,36)/t18-,19-,25-/m0/s1. The Bertz CT molecular complexity index is 1240. The molecule has 3 amide bonds. The van der Waals surface area contributed by atoms with Gasteiger partial charge in [-0.3, -0.25) is 24.1 Å². The molecule has 3 atom stereocenters. The van der Waals surface area contributed by atoms with E-state index in [2.05, 4.69) is 25.6 Å². The molecule has 1 spiro atoms. The highest BCUT2D eigenvalue weighted by Gasteiger charge is 2.59. The number of rotatable bonds is 5. The van der Waals surface area contributed by atoms with Crippen LogP contribution in [0.5, 0.6) is 0 Å². The summed E-state index contributed by atoms with van der Waals surface area (Å²) in [6, 6.07) is 6.53. The molecule has 2 aliphatic heterocycles. The molecule has 2 aliphatic rings. The molecule has 0 radical (unpaired) electrons. The van der Waals surface area contributed by atoms with Crippen LogP contribution in [0.15, 0.2) is 24.3 Å². The summed E-state index contributed by atoms with van der Waals surface area (Å²) in [4.78, 5) is 48.2. The molecule has 1 fully saturated rings. The molecular formula is C25H32N8O3. The topological polar surface area (TPSA) is 118 Å². The Labute approximate surface area is 210 Å². The molecule has 2 aromatic rings. The molecule has 1 aromatic carbocycles. The number of fused-ring (bicyclic) bond motifs is 2. The highest BCUT2D eigenvalue weighted by molar-refractivity contribution is 6.07. The minimum Gasteiger partial charge on any atom is -0.327 e. The van der Waals surface area contributed by atoms with Gasteiger partial charge in [-0.05, 0) is 50.0 Å². The maximum absolute atomic E-state index is 13.9. The molecular weight excluding hydrogens is 460 g/mol. The number of amides is 3. The van der Waals surface area contributed by atoms with Crippen LogP contribution in [0, 0.1) is 12.5 Å². The van der Waals surface area contributed by atoms with Gasteiger partial charge in [-0.2, -0.15) is 4.80 Å². The second-order valence-electron chi connectivity index (χ2n) is 11.0. The van der Waals surface area contributed by atoms with Crippen LogP contribution in [-0.4, -0.2) is 73.5 Å². The van der Waals surface area contributed by atoms with Crippen molar-refractivity contribution in [1.29, 1.82) is 0 Å². The SMILES string of the molecule is [C-]#[N+][C@@H]1C[C@@]2(CN1C(=O)[C@H](CC(C)C)N(C)C(=O)c1nnn(C(C)(C)C)n1)C(=O)Nc1ccccc12. The molecule has 36 heavy (non-hydrogen) atoms. The molecule has 0 aliphatic carbocycles. The number of anilines is 1. The fraction of sp³-hybridized carbons (Fsp3) is 0.560. The Hall–Kier alpha value is -3.81. The van der Waals surface area contributed by atoms with Crippen molar-refractivity contribution in [2.45, 2.75) is 70.6 Å². The lowest BCUT2D eigenvalue weighted by atomic mass is 9.80. The first-order valence-corrected chi connectivity index (χ1v) is 12.0. The zero-order chi connectivity index (χ0) is 26.4. The molecule has 11 heteroatoms. The quantitative estimate of drug-likeness (QED) is 0.640. The number of benzene rings is 1. The molecule has 190 valence electrons. The van der Waals surface area contributed by atoms with Crippen LogP contribution in [0.1, 0.15) is 63.6 Å². The normalized spacial score (nSPS) is 21.9. The lowest BCUT2D eigenvalue weighted by Gasteiger charge is -2.31. The summed E-state index contributed by atoms with van der Waals surface area (Å²) < 4.78 is 0. The van der Waals surface area contributed by atoms with Crippen LogP contribution in [-0.2, 0) is 20.5 Å². The molecule has 1 aromatic heterocycles. The fourth-order valence-electron chi connectivity index (χ4n) is 4.90. The Morgan fingerprint density at radius 2 is 2.00 bits per heavy atom. The number of likely N-dealkylation sites (tertiary alicyclic amines) is 1. The number of hydrogen-bond acceptors (Lipinski definition) is 6. The van der Waals surface area contributed by atoms with Crippen LogP contribution in [0.2, 0.25) is 0 Å². The van der Waals surface area contributed by atoms with E-state index in [1.54, 1.807) is 7.05 Å². The summed E-state index contributed by atoms with van der Waals surface area (Å²) in [6.45, 7) is 17.5. The maximum Gasteiger partial charge on any atom is 0.302 e. The Morgan fingerprint density at radius 1 is 1.31 bits per heavy atom. The third-order valence-electron chi connectivity index (χ3n) is 6.86. The Kier molecular flexibility index (Phi) is 6.32. The number of para-hydroxylation sites is 1. The van der Waals surface area contributed by atoms with E-state index in [0.29, 0.717) is 12.1 Å². The first kappa shape index (κ1) is 25.3. The van der Waals surface area contributed by atoms with E-state index in [9.17, 15) is 14.4 Å². The summed E-state index contributed by atoms with van der Waals surface area (Å²) >= 11 is 0. The summed E-state index contributed by atoms with van der Waals surface area (Å²) in [5, 5.41) is 15.0. The second-order valence-corrected chi connectivity index (χ2v) is 11.0. The van der Waals surface area contributed by atoms with E-state index in [0.717, 1.165) is 5.56 Å². The van der Waals surface area contributed by atoms with Gasteiger partial charge in [-0.1, -0.05) is 32.0 Å². The lowest BCUT2D eigenvalue weighted by Crippen LogP contribution is -2.52. The van der Waals surface area contributed by atoms with Crippen LogP contribution in [0.25, 0.3) is 4.85 Å². The second kappa shape index (κ2) is 9.00. The Morgan fingerprint density at radius 3 is 2.61 bits per heavy atom. The van der Waals surface area contributed by atoms with Crippen LogP contribution < -0.4 is 5.32 Å². The summed E-state index contributed by atoms with van der Waals surface area (Å²) in [5.74, 6) is -1.11.